The number of H-pyrrole nitrogens is 1. The Morgan fingerprint density at radius 3 is 2.31 bits per heavy atom. The number of hydrogen-bond donors (Lipinski definition) is 9. The summed E-state index contributed by atoms with van der Waals surface area (Å²) in [4.78, 5) is 83.0. The Morgan fingerprint density at radius 1 is 0.922 bits per heavy atom. The van der Waals surface area contributed by atoms with Crippen LogP contribution >= 0.6 is 0 Å². The van der Waals surface area contributed by atoms with Crippen molar-refractivity contribution < 1.29 is 28.8 Å². The van der Waals surface area contributed by atoms with Gasteiger partial charge in [-0.15, -0.1) is 0 Å². The van der Waals surface area contributed by atoms with E-state index in [1.165, 1.54) is 11.8 Å². The molecule has 2 aliphatic rings. The maximum Gasteiger partial charge on any atom is 0.243 e. The van der Waals surface area contributed by atoms with E-state index < -0.39 is 59.7 Å². The SMILES string of the molecule is C[C@H](NC(=O)[C@H](CCCNC(=N)N)NC(=O)[C@H](Cc1c[nH]c2ccccc12)NC(=O)[C@@H](CC1CCCCC1)NC(=O)[C@@H]1CCCN1C=O)C(N)=O. The van der Waals surface area contributed by atoms with Crippen molar-refractivity contribution in [1.29, 1.82) is 5.41 Å². The molecular weight excluding hydrogens is 656 g/mol. The summed E-state index contributed by atoms with van der Waals surface area (Å²) in [6.07, 6.45) is 9.49. The third-order valence-corrected chi connectivity index (χ3v) is 9.79. The summed E-state index contributed by atoms with van der Waals surface area (Å²) >= 11 is 0. The van der Waals surface area contributed by atoms with Crippen molar-refractivity contribution in [3.8, 4) is 0 Å². The first-order valence-corrected chi connectivity index (χ1v) is 17.8. The first-order valence-electron chi connectivity index (χ1n) is 17.8. The topological polar surface area (TPSA) is 257 Å². The van der Waals surface area contributed by atoms with Crippen LogP contribution < -0.4 is 38.1 Å². The van der Waals surface area contributed by atoms with Crippen LogP contribution in [0.5, 0.6) is 0 Å². The molecule has 0 bridgehead atoms. The highest BCUT2D eigenvalue weighted by Crippen LogP contribution is 2.28. The molecule has 1 aromatic carbocycles. The predicted octanol–water partition coefficient (Wildman–Crippen LogP) is 0.00927. The van der Waals surface area contributed by atoms with E-state index >= 15 is 0 Å². The molecule has 1 saturated heterocycles. The molecule has 1 saturated carbocycles. The van der Waals surface area contributed by atoms with E-state index in [2.05, 4.69) is 31.6 Å². The Balaban J connectivity index is 1.59. The van der Waals surface area contributed by atoms with Crippen molar-refractivity contribution in [1.82, 2.24) is 36.5 Å². The van der Waals surface area contributed by atoms with Crippen molar-refractivity contribution in [3.63, 3.8) is 0 Å². The summed E-state index contributed by atoms with van der Waals surface area (Å²) in [5.74, 6) is -3.04. The number of fused-ring (bicyclic) bond motifs is 1. The summed E-state index contributed by atoms with van der Waals surface area (Å²) < 4.78 is 0. The van der Waals surface area contributed by atoms with Crippen molar-refractivity contribution in [2.45, 2.75) is 108 Å². The van der Waals surface area contributed by atoms with Crippen LogP contribution in [-0.2, 0) is 35.2 Å². The van der Waals surface area contributed by atoms with Gasteiger partial charge in [0.2, 0.25) is 35.9 Å². The first-order chi connectivity index (χ1) is 24.5. The van der Waals surface area contributed by atoms with Gasteiger partial charge in [-0.2, -0.15) is 0 Å². The van der Waals surface area contributed by atoms with Crippen LogP contribution in [0.1, 0.15) is 76.7 Å². The van der Waals surface area contributed by atoms with Crippen LogP contribution in [0.15, 0.2) is 30.5 Å². The molecular formula is C35H52N10O6. The fraction of sp³-hybridized carbons (Fsp3) is 0.571. The van der Waals surface area contributed by atoms with Crippen LogP contribution in [0.2, 0.25) is 0 Å². The van der Waals surface area contributed by atoms with E-state index in [1.54, 1.807) is 6.20 Å². The maximum atomic E-state index is 14.2. The molecule has 11 N–H and O–H groups in total. The van der Waals surface area contributed by atoms with E-state index in [4.69, 9.17) is 16.9 Å². The number of amides is 6. The highest BCUT2D eigenvalue weighted by Gasteiger charge is 2.35. The van der Waals surface area contributed by atoms with E-state index in [0.29, 0.717) is 38.6 Å². The number of nitrogens with two attached hydrogens (primary N) is 2. The van der Waals surface area contributed by atoms with Gasteiger partial charge in [0, 0.05) is 36.6 Å². The Labute approximate surface area is 297 Å². The number of carbonyl (C=O) groups excluding carboxylic acids is 6. The number of hydrogen-bond acceptors (Lipinski definition) is 7. The van der Waals surface area contributed by atoms with E-state index in [1.807, 2.05) is 24.3 Å². The summed E-state index contributed by atoms with van der Waals surface area (Å²) in [6.45, 7) is 2.14. The molecule has 0 unspecified atom stereocenters. The Bertz CT molecular complexity index is 1560. The molecule has 51 heavy (non-hydrogen) atoms. The number of primary amides is 1. The largest absolute Gasteiger partial charge is 0.370 e. The fourth-order valence-electron chi connectivity index (χ4n) is 6.91. The van der Waals surface area contributed by atoms with Gasteiger partial charge in [0.15, 0.2) is 5.96 Å². The molecule has 5 atom stereocenters. The van der Waals surface area contributed by atoms with Gasteiger partial charge < -0.3 is 47.9 Å². The van der Waals surface area contributed by atoms with E-state index in [-0.39, 0.29) is 31.3 Å². The molecule has 16 nitrogen and oxygen atoms in total. The van der Waals surface area contributed by atoms with Crippen molar-refractivity contribution >= 4 is 52.8 Å². The Hall–Kier alpha value is -5.15. The molecule has 0 spiro atoms. The molecule has 1 aliphatic heterocycles. The number of rotatable bonds is 18. The first kappa shape index (κ1) is 38.6. The minimum atomic E-state index is -1.17. The molecule has 2 heterocycles. The van der Waals surface area contributed by atoms with Crippen molar-refractivity contribution in [3.05, 3.63) is 36.0 Å². The minimum absolute atomic E-state index is 0.0607. The number of likely N-dealkylation sites (tertiary alicyclic amines) is 1. The lowest BCUT2D eigenvalue weighted by molar-refractivity contribution is -0.136. The number of benzene rings is 1. The van der Waals surface area contributed by atoms with Crippen molar-refractivity contribution in [2.75, 3.05) is 13.1 Å². The van der Waals surface area contributed by atoms with Gasteiger partial charge in [-0.3, -0.25) is 34.2 Å². The minimum Gasteiger partial charge on any atom is -0.370 e. The van der Waals surface area contributed by atoms with Crippen LogP contribution in [-0.4, -0.2) is 95.1 Å². The number of para-hydroxylation sites is 1. The van der Waals surface area contributed by atoms with E-state index in [0.717, 1.165) is 48.6 Å². The normalized spacial score (nSPS) is 18.5. The van der Waals surface area contributed by atoms with Crippen molar-refractivity contribution in [2.24, 2.45) is 17.4 Å². The highest BCUT2D eigenvalue weighted by atomic mass is 16.2. The number of aromatic nitrogens is 1. The molecule has 2 aromatic rings. The van der Waals surface area contributed by atoms with Crippen LogP contribution in [0, 0.1) is 11.3 Å². The van der Waals surface area contributed by atoms with Gasteiger partial charge in [0.1, 0.15) is 30.2 Å². The molecule has 1 aliphatic carbocycles. The second-order valence-corrected chi connectivity index (χ2v) is 13.6. The lowest BCUT2D eigenvalue weighted by Gasteiger charge is -2.30. The number of nitrogens with one attached hydrogen (secondary N) is 7. The second kappa shape index (κ2) is 18.7. The number of aromatic amines is 1. The quantitative estimate of drug-likeness (QED) is 0.0440. The van der Waals surface area contributed by atoms with Gasteiger partial charge in [-0.25, -0.2) is 0 Å². The monoisotopic (exact) mass is 708 g/mol. The van der Waals surface area contributed by atoms with Crippen LogP contribution in [0.4, 0.5) is 0 Å². The average Bonchev–Trinajstić information content (AvgIpc) is 3.76. The van der Waals surface area contributed by atoms with Gasteiger partial charge >= 0.3 is 0 Å². The highest BCUT2D eigenvalue weighted by molar-refractivity contribution is 5.96. The second-order valence-electron chi connectivity index (χ2n) is 13.6. The number of carbonyl (C=O) groups is 6. The third-order valence-electron chi connectivity index (χ3n) is 9.79. The average molecular weight is 709 g/mol. The van der Waals surface area contributed by atoms with Gasteiger partial charge in [0.25, 0.3) is 0 Å². The van der Waals surface area contributed by atoms with Gasteiger partial charge in [-0.1, -0.05) is 50.3 Å². The van der Waals surface area contributed by atoms with Gasteiger partial charge in [-0.05, 0) is 56.6 Å². The fourth-order valence-corrected chi connectivity index (χ4v) is 6.91. The lowest BCUT2D eigenvalue weighted by atomic mass is 9.84. The summed E-state index contributed by atoms with van der Waals surface area (Å²) in [7, 11) is 0. The van der Waals surface area contributed by atoms with Gasteiger partial charge in [0.05, 0.1) is 0 Å². The lowest BCUT2D eigenvalue weighted by Crippen LogP contribution is -2.59. The molecule has 2 fully saturated rings. The molecule has 6 amide bonds. The smallest absolute Gasteiger partial charge is 0.243 e. The molecule has 4 rings (SSSR count). The predicted molar refractivity (Wildman–Crippen MR) is 191 cm³/mol. The Kier molecular flexibility index (Phi) is 14.2. The summed E-state index contributed by atoms with van der Waals surface area (Å²) in [5.41, 5.74) is 12.3. The molecule has 278 valence electrons. The molecule has 0 radical (unpaired) electrons. The van der Waals surface area contributed by atoms with Crippen LogP contribution in [0.3, 0.4) is 0 Å². The summed E-state index contributed by atoms with van der Waals surface area (Å²) in [6, 6.07) is 2.61. The third kappa shape index (κ3) is 11.2. The Morgan fingerprint density at radius 2 is 1.61 bits per heavy atom. The maximum absolute atomic E-state index is 14.2. The number of guanidine groups is 1. The van der Waals surface area contributed by atoms with Crippen LogP contribution in [0.25, 0.3) is 10.9 Å². The zero-order valence-corrected chi connectivity index (χ0v) is 29.2. The summed E-state index contributed by atoms with van der Waals surface area (Å²) in [5, 5.41) is 22.0. The molecule has 16 heteroatoms. The zero-order valence-electron chi connectivity index (χ0n) is 29.2. The molecule has 1 aromatic heterocycles. The zero-order chi connectivity index (χ0) is 36.9. The number of nitrogens with zero attached hydrogens (tertiary/aromatic N) is 1. The van der Waals surface area contributed by atoms with E-state index in [9.17, 15) is 28.8 Å². The standard InChI is InChI=1S/C35H52N10O6/c1-21(30(36)47)41-31(48)26(13-7-15-39-35(37)38)42-33(50)28(18-23-19-40-25-12-6-5-11-24(23)25)43-32(49)27(17-22-9-3-2-4-10-22)44-34(51)29-14-8-16-45(29)20-46/h5-6,11-12,19-22,26-29,40H,2-4,7-10,13-18H2,1H3,(H2,36,47)(H,41,48)(H,42,50)(H,43,49)(H,44,51)(H4,37,38,39)/t21-,26-,27+,28-,29-/m0/s1.